The van der Waals surface area contributed by atoms with E-state index in [-0.39, 0.29) is 0 Å². The first kappa shape index (κ1) is 19.3. The van der Waals surface area contributed by atoms with E-state index in [0.717, 1.165) is 54.6 Å². The summed E-state index contributed by atoms with van der Waals surface area (Å²) in [6.45, 7) is 3.83. The Balaban J connectivity index is 2.20. The molecule has 0 spiro atoms. The van der Waals surface area contributed by atoms with E-state index >= 15 is 0 Å². The fraction of sp³-hybridized carbons (Fsp3) is 0.714. The van der Waals surface area contributed by atoms with Crippen LogP contribution in [-0.4, -0.2) is 43.9 Å². The van der Waals surface area contributed by atoms with Crippen molar-refractivity contribution in [3.8, 4) is 5.75 Å². The first-order valence-corrected chi connectivity index (χ1v) is 9.61. The maximum absolute atomic E-state index is 11.7. The van der Waals surface area contributed by atoms with Crippen molar-refractivity contribution < 1.29 is 14.3 Å². The van der Waals surface area contributed by atoms with Crippen LogP contribution in [0, 0.1) is 5.92 Å². The molecule has 0 heterocycles. The van der Waals surface area contributed by atoms with Gasteiger partial charge >= 0.3 is 0 Å². The molecular weight excluding hydrogens is 298 g/mol. The van der Waals surface area contributed by atoms with Crippen molar-refractivity contribution in [2.45, 2.75) is 57.5 Å². The molecule has 0 radical (unpaired) electrons. The van der Waals surface area contributed by atoms with E-state index in [1.54, 1.807) is 0 Å². The zero-order chi connectivity index (χ0) is 17.6. The average molecular weight is 335 g/mol. The SMILES string of the molecule is CCCOc1ccc(C(O)(CC[N+](C)(C)C)C2CCCCC2)cc1. The molecule has 24 heavy (non-hydrogen) atoms. The van der Waals surface area contributed by atoms with Gasteiger partial charge in [-0.15, -0.1) is 0 Å². The fourth-order valence-corrected chi connectivity index (χ4v) is 3.73. The van der Waals surface area contributed by atoms with Crippen LogP contribution in [0.25, 0.3) is 0 Å². The lowest BCUT2D eigenvalue weighted by Gasteiger charge is -2.40. The normalized spacial score (nSPS) is 19.0. The maximum Gasteiger partial charge on any atom is 0.119 e. The van der Waals surface area contributed by atoms with Crippen LogP contribution >= 0.6 is 0 Å². The Morgan fingerprint density at radius 1 is 1.08 bits per heavy atom. The Kier molecular flexibility index (Phi) is 6.70. The number of nitrogens with zero attached hydrogens (tertiary/aromatic N) is 1. The highest BCUT2D eigenvalue weighted by Crippen LogP contribution is 2.42. The second kappa shape index (κ2) is 8.35. The van der Waals surface area contributed by atoms with Gasteiger partial charge < -0.3 is 14.3 Å². The highest BCUT2D eigenvalue weighted by atomic mass is 16.5. The Hall–Kier alpha value is -1.06. The number of benzene rings is 1. The zero-order valence-corrected chi connectivity index (χ0v) is 16.1. The van der Waals surface area contributed by atoms with Crippen LogP contribution < -0.4 is 4.74 Å². The molecule has 1 aromatic rings. The molecule has 1 N–H and O–H groups in total. The minimum absolute atomic E-state index is 0.375. The lowest BCUT2D eigenvalue weighted by atomic mass is 9.71. The number of rotatable bonds is 8. The van der Waals surface area contributed by atoms with Gasteiger partial charge in [0.15, 0.2) is 0 Å². The molecule has 3 heteroatoms. The number of hydrogen-bond donors (Lipinski definition) is 1. The molecule has 0 bridgehead atoms. The van der Waals surface area contributed by atoms with Gasteiger partial charge in [-0.05, 0) is 42.9 Å². The van der Waals surface area contributed by atoms with Crippen LogP contribution in [0.15, 0.2) is 24.3 Å². The number of ether oxygens (including phenoxy) is 1. The molecule has 1 unspecified atom stereocenters. The van der Waals surface area contributed by atoms with Crippen molar-refractivity contribution in [1.82, 2.24) is 0 Å². The van der Waals surface area contributed by atoms with E-state index in [1.807, 2.05) is 12.1 Å². The standard InChI is InChI=1S/C21H36NO2/c1-5-17-24-20-13-11-19(12-14-20)21(23,15-16-22(2,3)4)18-9-7-6-8-10-18/h11-14,18,23H,5-10,15-17H2,1-4H3/q+1. The van der Waals surface area contributed by atoms with E-state index in [9.17, 15) is 5.11 Å². The predicted octanol–water partition coefficient (Wildman–Crippen LogP) is 4.34. The highest BCUT2D eigenvalue weighted by Gasteiger charge is 2.39. The van der Waals surface area contributed by atoms with Crippen molar-refractivity contribution in [1.29, 1.82) is 0 Å². The van der Waals surface area contributed by atoms with E-state index in [0.29, 0.717) is 5.92 Å². The molecule has 2 rings (SSSR count). The Labute approximate surface area is 148 Å². The minimum Gasteiger partial charge on any atom is -0.494 e. The Morgan fingerprint density at radius 3 is 2.25 bits per heavy atom. The summed E-state index contributed by atoms with van der Waals surface area (Å²) in [5.74, 6) is 1.28. The van der Waals surface area contributed by atoms with Crippen LogP contribution in [0.2, 0.25) is 0 Å². The van der Waals surface area contributed by atoms with Gasteiger partial charge in [-0.25, -0.2) is 0 Å². The van der Waals surface area contributed by atoms with Crippen molar-refractivity contribution in [2.75, 3.05) is 34.3 Å². The molecule has 0 aliphatic heterocycles. The monoisotopic (exact) mass is 334 g/mol. The van der Waals surface area contributed by atoms with Gasteiger partial charge in [0.2, 0.25) is 0 Å². The summed E-state index contributed by atoms with van der Waals surface area (Å²) in [6, 6.07) is 8.19. The molecule has 0 aromatic heterocycles. The van der Waals surface area contributed by atoms with E-state index < -0.39 is 5.60 Å². The molecule has 0 saturated heterocycles. The zero-order valence-electron chi connectivity index (χ0n) is 16.1. The molecule has 1 atom stereocenters. The predicted molar refractivity (Wildman–Crippen MR) is 100 cm³/mol. The lowest BCUT2D eigenvalue weighted by Crippen LogP contribution is -2.43. The van der Waals surface area contributed by atoms with Gasteiger partial charge in [-0.3, -0.25) is 0 Å². The van der Waals surface area contributed by atoms with Crippen LogP contribution in [0.5, 0.6) is 5.75 Å². The van der Waals surface area contributed by atoms with Crippen molar-refractivity contribution in [2.24, 2.45) is 5.92 Å². The maximum atomic E-state index is 11.7. The lowest BCUT2D eigenvalue weighted by molar-refractivity contribution is -0.871. The van der Waals surface area contributed by atoms with Crippen LogP contribution in [0.4, 0.5) is 0 Å². The summed E-state index contributed by atoms with van der Waals surface area (Å²) in [6.07, 6.45) is 7.91. The molecule has 136 valence electrons. The third-order valence-electron chi connectivity index (χ3n) is 5.27. The molecule has 1 aromatic carbocycles. The van der Waals surface area contributed by atoms with Crippen LogP contribution in [0.3, 0.4) is 0 Å². The van der Waals surface area contributed by atoms with E-state index in [2.05, 4.69) is 40.2 Å². The fourth-order valence-electron chi connectivity index (χ4n) is 3.73. The quantitative estimate of drug-likeness (QED) is 0.717. The highest BCUT2D eigenvalue weighted by molar-refractivity contribution is 5.31. The van der Waals surface area contributed by atoms with Gasteiger partial charge in [0.25, 0.3) is 0 Å². The second-order valence-electron chi connectivity index (χ2n) is 8.40. The molecule has 0 amide bonds. The number of hydrogen-bond acceptors (Lipinski definition) is 2. The smallest absolute Gasteiger partial charge is 0.119 e. The summed E-state index contributed by atoms with van der Waals surface area (Å²) in [4.78, 5) is 0. The molecule has 1 saturated carbocycles. The molecule has 1 fully saturated rings. The summed E-state index contributed by atoms with van der Waals surface area (Å²) >= 11 is 0. The van der Waals surface area contributed by atoms with E-state index in [1.165, 1.54) is 19.3 Å². The first-order chi connectivity index (χ1) is 11.3. The second-order valence-corrected chi connectivity index (χ2v) is 8.40. The number of aliphatic hydroxyl groups is 1. The minimum atomic E-state index is -0.713. The molecule has 3 nitrogen and oxygen atoms in total. The van der Waals surface area contributed by atoms with Gasteiger partial charge in [-0.2, -0.15) is 0 Å². The molecular formula is C21H36NO2+. The van der Waals surface area contributed by atoms with Gasteiger partial charge in [0.05, 0.1) is 39.9 Å². The van der Waals surface area contributed by atoms with Gasteiger partial charge in [0.1, 0.15) is 5.75 Å². The third-order valence-corrected chi connectivity index (χ3v) is 5.27. The summed E-state index contributed by atoms with van der Waals surface area (Å²) in [7, 11) is 6.59. The van der Waals surface area contributed by atoms with Crippen LogP contribution in [0.1, 0.15) is 57.4 Å². The largest absolute Gasteiger partial charge is 0.494 e. The third kappa shape index (κ3) is 5.22. The van der Waals surface area contributed by atoms with Crippen molar-refractivity contribution in [3.05, 3.63) is 29.8 Å². The Bertz CT molecular complexity index is 486. The molecule has 1 aliphatic carbocycles. The van der Waals surface area contributed by atoms with E-state index in [4.69, 9.17) is 4.74 Å². The first-order valence-electron chi connectivity index (χ1n) is 9.61. The average Bonchev–Trinajstić information content (AvgIpc) is 2.58. The topological polar surface area (TPSA) is 29.5 Å². The summed E-state index contributed by atoms with van der Waals surface area (Å²) < 4.78 is 6.58. The number of quaternary nitrogens is 1. The summed E-state index contributed by atoms with van der Waals surface area (Å²) in [5, 5.41) is 11.7. The Morgan fingerprint density at radius 2 is 1.71 bits per heavy atom. The van der Waals surface area contributed by atoms with Crippen molar-refractivity contribution >= 4 is 0 Å². The molecule has 1 aliphatic rings. The van der Waals surface area contributed by atoms with Gasteiger partial charge in [-0.1, -0.05) is 38.3 Å². The van der Waals surface area contributed by atoms with Crippen molar-refractivity contribution in [3.63, 3.8) is 0 Å². The van der Waals surface area contributed by atoms with Gasteiger partial charge in [0, 0.05) is 6.42 Å². The summed E-state index contributed by atoms with van der Waals surface area (Å²) in [5.41, 5.74) is 0.349. The van der Waals surface area contributed by atoms with Crippen LogP contribution in [-0.2, 0) is 5.60 Å².